The Morgan fingerprint density at radius 2 is 1.63 bits per heavy atom. The maximum Gasteiger partial charge on any atom is 0.235 e. The minimum atomic E-state index is -0.302. The first kappa shape index (κ1) is 12.0. The van der Waals surface area contributed by atoms with E-state index in [0.29, 0.717) is 0 Å². The van der Waals surface area contributed by atoms with Gasteiger partial charge in [0, 0.05) is 5.69 Å². The second-order valence-electron chi connectivity index (χ2n) is 5.22. The van der Waals surface area contributed by atoms with Crippen LogP contribution in [0.4, 0.5) is 5.69 Å². The summed E-state index contributed by atoms with van der Waals surface area (Å²) in [5, 5.41) is 3.07. The monoisotopic (exact) mass is 251 g/mol. The first-order valence-electron chi connectivity index (χ1n) is 6.65. The number of carbonyl (C=O) groups excluding carboxylic acids is 1. The van der Waals surface area contributed by atoms with Crippen LogP contribution in [0, 0.1) is 6.92 Å². The predicted molar refractivity (Wildman–Crippen MR) is 77.2 cm³/mol. The summed E-state index contributed by atoms with van der Waals surface area (Å²) in [5.74, 6) is 0.119. The van der Waals surface area contributed by atoms with Gasteiger partial charge >= 0.3 is 0 Å². The Morgan fingerprint density at radius 1 is 1.00 bits per heavy atom. The molecular formula is C17H17NO. The topological polar surface area (TPSA) is 29.1 Å². The van der Waals surface area contributed by atoms with Crippen molar-refractivity contribution in [2.24, 2.45) is 0 Å². The molecule has 1 aliphatic rings. The van der Waals surface area contributed by atoms with E-state index in [0.717, 1.165) is 29.7 Å². The lowest BCUT2D eigenvalue weighted by Gasteiger charge is -2.16. The van der Waals surface area contributed by atoms with Gasteiger partial charge in [-0.25, -0.2) is 0 Å². The molecule has 0 unspecified atom stereocenters. The standard InChI is InChI=1S/C17H17NO/c1-13-7-5-6-10-15(13)18-16(19)17(11-12-17)14-8-3-2-4-9-14/h2-10H,11-12H2,1H3,(H,18,19). The molecule has 0 radical (unpaired) electrons. The van der Waals surface area contributed by atoms with E-state index in [-0.39, 0.29) is 11.3 Å². The third-order valence-electron chi connectivity index (χ3n) is 3.90. The molecule has 2 aromatic rings. The van der Waals surface area contributed by atoms with E-state index in [1.165, 1.54) is 0 Å². The van der Waals surface area contributed by atoms with Crippen LogP contribution >= 0.6 is 0 Å². The zero-order chi connectivity index (χ0) is 13.3. The molecule has 0 spiro atoms. The van der Waals surface area contributed by atoms with E-state index in [4.69, 9.17) is 0 Å². The van der Waals surface area contributed by atoms with Gasteiger partial charge in [-0.05, 0) is 37.0 Å². The van der Waals surface area contributed by atoms with Crippen molar-refractivity contribution in [3.05, 3.63) is 65.7 Å². The normalized spacial score (nSPS) is 15.8. The molecule has 0 heterocycles. The molecule has 1 amide bonds. The van der Waals surface area contributed by atoms with Crippen LogP contribution in [-0.4, -0.2) is 5.91 Å². The van der Waals surface area contributed by atoms with E-state index < -0.39 is 0 Å². The number of benzene rings is 2. The van der Waals surface area contributed by atoms with E-state index in [9.17, 15) is 4.79 Å². The van der Waals surface area contributed by atoms with Crippen molar-refractivity contribution in [1.82, 2.24) is 0 Å². The van der Waals surface area contributed by atoms with Crippen LogP contribution in [-0.2, 0) is 10.2 Å². The molecule has 96 valence electrons. The SMILES string of the molecule is Cc1ccccc1NC(=O)C1(c2ccccc2)CC1. The van der Waals surface area contributed by atoms with Crippen molar-refractivity contribution in [3.63, 3.8) is 0 Å². The molecule has 2 heteroatoms. The Bertz CT molecular complexity index is 600. The van der Waals surface area contributed by atoms with Gasteiger partial charge < -0.3 is 5.32 Å². The van der Waals surface area contributed by atoms with E-state index in [2.05, 4.69) is 5.32 Å². The highest BCUT2D eigenvalue weighted by Crippen LogP contribution is 2.48. The Kier molecular flexibility index (Phi) is 2.86. The Morgan fingerprint density at radius 3 is 2.26 bits per heavy atom. The fraction of sp³-hybridized carbons (Fsp3) is 0.235. The Hall–Kier alpha value is -2.09. The molecule has 0 atom stereocenters. The molecule has 0 bridgehead atoms. The summed E-state index contributed by atoms with van der Waals surface area (Å²) in [4.78, 5) is 12.5. The molecule has 2 aromatic carbocycles. The molecule has 1 N–H and O–H groups in total. The van der Waals surface area contributed by atoms with Gasteiger partial charge in [-0.2, -0.15) is 0 Å². The zero-order valence-corrected chi connectivity index (χ0v) is 11.0. The van der Waals surface area contributed by atoms with Crippen LogP contribution in [0.3, 0.4) is 0 Å². The van der Waals surface area contributed by atoms with Crippen LogP contribution in [0.15, 0.2) is 54.6 Å². The maximum absolute atomic E-state index is 12.5. The molecule has 19 heavy (non-hydrogen) atoms. The highest BCUT2D eigenvalue weighted by atomic mass is 16.2. The number of para-hydroxylation sites is 1. The van der Waals surface area contributed by atoms with Gasteiger partial charge in [0.05, 0.1) is 5.41 Å². The van der Waals surface area contributed by atoms with Crippen LogP contribution in [0.2, 0.25) is 0 Å². The van der Waals surface area contributed by atoms with Gasteiger partial charge in [0.1, 0.15) is 0 Å². The average Bonchev–Trinajstić information content (AvgIpc) is 3.24. The number of hydrogen-bond acceptors (Lipinski definition) is 1. The summed E-state index contributed by atoms with van der Waals surface area (Å²) in [6, 6.07) is 18.0. The van der Waals surface area contributed by atoms with Crippen molar-refractivity contribution in [3.8, 4) is 0 Å². The number of aryl methyl sites for hydroxylation is 1. The van der Waals surface area contributed by atoms with Crippen molar-refractivity contribution < 1.29 is 4.79 Å². The minimum absolute atomic E-state index is 0.119. The fourth-order valence-electron chi connectivity index (χ4n) is 2.48. The molecule has 0 saturated heterocycles. The number of nitrogens with one attached hydrogen (secondary N) is 1. The summed E-state index contributed by atoms with van der Waals surface area (Å²) < 4.78 is 0. The van der Waals surface area contributed by atoms with Crippen LogP contribution < -0.4 is 5.32 Å². The fourth-order valence-corrected chi connectivity index (χ4v) is 2.48. The van der Waals surface area contributed by atoms with Gasteiger partial charge in [-0.15, -0.1) is 0 Å². The highest BCUT2D eigenvalue weighted by Gasteiger charge is 2.51. The Balaban J connectivity index is 1.84. The van der Waals surface area contributed by atoms with Crippen molar-refractivity contribution >= 4 is 11.6 Å². The van der Waals surface area contributed by atoms with E-state index in [1.54, 1.807) is 0 Å². The maximum atomic E-state index is 12.5. The summed E-state index contributed by atoms with van der Waals surface area (Å²) >= 11 is 0. The predicted octanol–water partition coefficient (Wildman–Crippen LogP) is 3.67. The smallest absolute Gasteiger partial charge is 0.235 e. The van der Waals surface area contributed by atoms with Gasteiger partial charge in [0.25, 0.3) is 0 Å². The number of amides is 1. The summed E-state index contributed by atoms with van der Waals surface area (Å²) in [5.41, 5.74) is 2.83. The molecule has 1 aliphatic carbocycles. The van der Waals surface area contributed by atoms with Crippen LogP contribution in [0.5, 0.6) is 0 Å². The number of anilines is 1. The minimum Gasteiger partial charge on any atom is -0.325 e. The Labute approximate surface area is 113 Å². The zero-order valence-electron chi connectivity index (χ0n) is 11.0. The van der Waals surface area contributed by atoms with Gasteiger partial charge in [0.15, 0.2) is 0 Å². The summed E-state index contributed by atoms with van der Waals surface area (Å²) in [7, 11) is 0. The highest BCUT2D eigenvalue weighted by molar-refractivity contribution is 6.01. The molecule has 1 fully saturated rings. The largest absolute Gasteiger partial charge is 0.325 e. The second-order valence-corrected chi connectivity index (χ2v) is 5.22. The summed E-state index contributed by atoms with van der Waals surface area (Å²) in [6.45, 7) is 2.01. The third kappa shape index (κ3) is 2.14. The number of carbonyl (C=O) groups is 1. The lowest BCUT2D eigenvalue weighted by molar-refractivity contribution is -0.118. The van der Waals surface area contributed by atoms with Gasteiger partial charge in [-0.3, -0.25) is 4.79 Å². The van der Waals surface area contributed by atoms with Crippen LogP contribution in [0.25, 0.3) is 0 Å². The van der Waals surface area contributed by atoms with Crippen molar-refractivity contribution in [2.75, 3.05) is 5.32 Å². The molecule has 3 rings (SSSR count). The van der Waals surface area contributed by atoms with Crippen LogP contribution in [0.1, 0.15) is 24.0 Å². The average molecular weight is 251 g/mol. The first-order chi connectivity index (χ1) is 9.22. The molecule has 2 nitrogen and oxygen atoms in total. The molecular weight excluding hydrogens is 234 g/mol. The first-order valence-corrected chi connectivity index (χ1v) is 6.65. The second kappa shape index (κ2) is 4.54. The molecule has 0 aliphatic heterocycles. The quantitative estimate of drug-likeness (QED) is 0.886. The lowest BCUT2D eigenvalue weighted by Crippen LogP contribution is -2.28. The van der Waals surface area contributed by atoms with Gasteiger partial charge in [0.2, 0.25) is 5.91 Å². The number of hydrogen-bond donors (Lipinski definition) is 1. The lowest BCUT2D eigenvalue weighted by atomic mass is 9.95. The molecule has 0 aromatic heterocycles. The van der Waals surface area contributed by atoms with Crippen molar-refractivity contribution in [1.29, 1.82) is 0 Å². The number of rotatable bonds is 3. The third-order valence-corrected chi connectivity index (χ3v) is 3.90. The van der Waals surface area contributed by atoms with E-state index >= 15 is 0 Å². The van der Waals surface area contributed by atoms with Gasteiger partial charge in [-0.1, -0.05) is 48.5 Å². The van der Waals surface area contributed by atoms with Crippen molar-refractivity contribution in [2.45, 2.75) is 25.2 Å². The summed E-state index contributed by atoms with van der Waals surface area (Å²) in [6.07, 6.45) is 1.88. The van der Waals surface area contributed by atoms with E-state index in [1.807, 2.05) is 61.5 Å². The molecule has 1 saturated carbocycles.